The minimum Gasteiger partial charge on any atom is -0.383 e. The summed E-state index contributed by atoms with van der Waals surface area (Å²) in [4.78, 5) is 3.54. The van der Waals surface area contributed by atoms with E-state index in [4.69, 9.17) is 22.6 Å². The van der Waals surface area contributed by atoms with Crippen LogP contribution in [0.25, 0.3) is 0 Å². The summed E-state index contributed by atoms with van der Waals surface area (Å²) < 4.78 is 24.7. The number of anilines is 1. The molecular formula is C8H6ClF2N3. The molecule has 1 aromatic rings. The summed E-state index contributed by atoms with van der Waals surface area (Å²) in [5.41, 5.74) is 5.15. The van der Waals surface area contributed by atoms with Crippen LogP contribution >= 0.6 is 11.6 Å². The van der Waals surface area contributed by atoms with E-state index in [1.165, 1.54) is 0 Å². The summed E-state index contributed by atoms with van der Waals surface area (Å²) in [5, 5.41) is 8.25. The summed E-state index contributed by atoms with van der Waals surface area (Å²) in [6.45, 7) is 0. The van der Waals surface area contributed by atoms with Crippen molar-refractivity contribution >= 4 is 17.4 Å². The van der Waals surface area contributed by atoms with Crippen LogP contribution in [-0.2, 0) is 6.42 Å². The zero-order valence-electron chi connectivity index (χ0n) is 6.97. The van der Waals surface area contributed by atoms with Gasteiger partial charge >= 0.3 is 0 Å². The van der Waals surface area contributed by atoms with Gasteiger partial charge in [0.2, 0.25) is 0 Å². The minimum absolute atomic E-state index is 0.0148. The van der Waals surface area contributed by atoms with Crippen molar-refractivity contribution in [2.24, 2.45) is 0 Å². The molecule has 0 amide bonds. The predicted molar refractivity (Wildman–Crippen MR) is 47.9 cm³/mol. The predicted octanol–water partition coefficient (Wildman–Crippen LogP) is 2.32. The summed E-state index contributed by atoms with van der Waals surface area (Å²) >= 11 is 5.64. The molecule has 1 rings (SSSR count). The monoisotopic (exact) mass is 217 g/mol. The first kappa shape index (κ1) is 10.7. The Morgan fingerprint density at radius 3 is 2.79 bits per heavy atom. The number of rotatable bonds is 2. The fourth-order valence-electron chi connectivity index (χ4n) is 0.960. The van der Waals surface area contributed by atoms with Crippen LogP contribution in [0.5, 0.6) is 0 Å². The third-order valence-electron chi connectivity index (χ3n) is 1.66. The van der Waals surface area contributed by atoms with Gasteiger partial charge in [-0.25, -0.2) is 13.8 Å². The number of alkyl halides is 2. The second kappa shape index (κ2) is 4.20. The van der Waals surface area contributed by atoms with Crippen LogP contribution in [0.15, 0.2) is 6.20 Å². The minimum atomic E-state index is -2.71. The molecule has 0 aromatic carbocycles. The summed E-state index contributed by atoms with van der Waals surface area (Å²) in [6.07, 6.45) is -1.92. The summed E-state index contributed by atoms with van der Waals surface area (Å²) in [7, 11) is 0. The van der Waals surface area contributed by atoms with Crippen LogP contribution in [0.4, 0.5) is 14.6 Å². The standard InChI is InChI=1S/C8H6ClF2N3/c9-6-4(1-2-12)8(13)14-3-5(6)7(10)11/h3,7H,1H2,(H2,13,14). The maximum atomic E-state index is 12.3. The first-order valence-corrected chi connectivity index (χ1v) is 4.03. The number of hydrogen-bond donors (Lipinski definition) is 1. The van der Waals surface area contributed by atoms with Crippen LogP contribution in [0.1, 0.15) is 17.6 Å². The number of nitrogens with two attached hydrogens (primary N) is 1. The van der Waals surface area contributed by atoms with Crippen molar-refractivity contribution in [1.82, 2.24) is 4.98 Å². The fourth-order valence-corrected chi connectivity index (χ4v) is 1.25. The van der Waals surface area contributed by atoms with Crippen LogP contribution in [0.3, 0.4) is 0 Å². The summed E-state index contributed by atoms with van der Waals surface area (Å²) in [5.74, 6) is 0.0148. The molecule has 0 aliphatic carbocycles. The van der Waals surface area contributed by atoms with E-state index < -0.39 is 12.0 Å². The largest absolute Gasteiger partial charge is 0.383 e. The summed E-state index contributed by atoms with van der Waals surface area (Å²) in [6, 6.07) is 1.78. The van der Waals surface area contributed by atoms with Crippen molar-refractivity contribution in [2.45, 2.75) is 12.8 Å². The lowest BCUT2D eigenvalue weighted by Gasteiger charge is -2.07. The Morgan fingerprint density at radius 1 is 1.64 bits per heavy atom. The van der Waals surface area contributed by atoms with E-state index in [0.717, 1.165) is 6.20 Å². The van der Waals surface area contributed by atoms with Crippen molar-refractivity contribution in [1.29, 1.82) is 5.26 Å². The lowest BCUT2D eigenvalue weighted by molar-refractivity contribution is 0.151. The molecule has 0 saturated heterocycles. The van der Waals surface area contributed by atoms with E-state index in [9.17, 15) is 8.78 Å². The van der Waals surface area contributed by atoms with Gasteiger partial charge in [0.1, 0.15) is 5.82 Å². The van der Waals surface area contributed by atoms with Gasteiger partial charge in [-0.15, -0.1) is 0 Å². The maximum Gasteiger partial charge on any atom is 0.266 e. The third-order valence-corrected chi connectivity index (χ3v) is 2.11. The van der Waals surface area contributed by atoms with E-state index in [2.05, 4.69) is 4.98 Å². The van der Waals surface area contributed by atoms with Gasteiger partial charge in [0, 0.05) is 11.8 Å². The second-order valence-corrected chi connectivity index (χ2v) is 2.90. The molecule has 0 fully saturated rings. The fraction of sp³-hybridized carbons (Fsp3) is 0.250. The number of nitriles is 1. The molecule has 14 heavy (non-hydrogen) atoms. The second-order valence-electron chi connectivity index (χ2n) is 2.53. The molecule has 2 N–H and O–H groups in total. The molecule has 0 bridgehead atoms. The number of nitrogens with zero attached hydrogens (tertiary/aromatic N) is 2. The molecule has 0 aliphatic heterocycles. The van der Waals surface area contributed by atoms with Gasteiger partial charge in [-0.3, -0.25) is 0 Å². The molecule has 0 saturated carbocycles. The average Bonchev–Trinajstić information content (AvgIpc) is 2.11. The van der Waals surface area contributed by atoms with Crippen LogP contribution in [0.2, 0.25) is 5.02 Å². The van der Waals surface area contributed by atoms with Crippen molar-refractivity contribution in [3.05, 3.63) is 22.3 Å². The molecule has 1 heterocycles. The van der Waals surface area contributed by atoms with Gasteiger partial charge in [0.15, 0.2) is 0 Å². The van der Waals surface area contributed by atoms with Crippen LogP contribution in [-0.4, -0.2) is 4.98 Å². The van der Waals surface area contributed by atoms with E-state index in [-0.39, 0.29) is 22.8 Å². The number of halogens is 3. The average molecular weight is 218 g/mol. The molecular weight excluding hydrogens is 212 g/mol. The molecule has 0 unspecified atom stereocenters. The van der Waals surface area contributed by atoms with Crippen molar-refractivity contribution in [3.8, 4) is 6.07 Å². The molecule has 0 radical (unpaired) electrons. The normalized spacial score (nSPS) is 10.2. The van der Waals surface area contributed by atoms with E-state index >= 15 is 0 Å². The molecule has 0 spiro atoms. The van der Waals surface area contributed by atoms with Crippen molar-refractivity contribution in [2.75, 3.05) is 5.73 Å². The lowest BCUT2D eigenvalue weighted by Crippen LogP contribution is -2.01. The van der Waals surface area contributed by atoms with E-state index in [1.807, 2.05) is 0 Å². The highest BCUT2D eigenvalue weighted by Gasteiger charge is 2.17. The maximum absolute atomic E-state index is 12.3. The Kier molecular flexibility index (Phi) is 3.20. The highest BCUT2D eigenvalue weighted by Crippen LogP contribution is 2.31. The number of aromatic nitrogens is 1. The molecule has 3 nitrogen and oxygen atoms in total. The molecule has 0 atom stereocenters. The van der Waals surface area contributed by atoms with E-state index in [0.29, 0.717) is 0 Å². The highest BCUT2D eigenvalue weighted by molar-refractivity contribution is 6.32. The van der Waals surface area contributed by atoms with Gasteiger partial charge in [0.25, 0.3) is 6.43 Å². The Labute approximate surface area is 84.1 Å². The Balaban J connectivity index is 3.27. The quantitative estimate of drug-likeness (QED) is 0.827. The number of nitrogen functional groups attached to an aromatic ring is 1. The zero-order valence-corrected chi connectivity index (χ0v) is 7.72. The van der Waals surface area contributed by atoms with Crippen molar-refractivity contribution < 1.29 is 8.78 Å². The van der Waals surface area contributed by atoms with Gasteiger partial charge in [-0.05, 0) is 0 Å². The van der Waals surface area contributed by atoms with E-state index in [1.54, 1.807) is 6.07 Å². The first-order valence-electron chi connectivity index (χ1n) is 3.65. The smallest absolute Gasteiger partial charge is 0.266 e. The van der Waals surface area contributed by atoms with Gasteiger partial charge in [-0.1, -0.05) is 11.6 Å². The van der Waals surface area contributed by atoms with Crippen molar-refractivity contribution in [3.63, 3.8) is 0 Å². The Hall–Kier alpha value is -1.41. The Morgan fingerprint density at radius 2 is 2.29 bits per heavy atom. The number of hydrogen-bond acceptors (Lipinski definition) is 3. The SMILES string of the molecule is N#CCc1c(N)ncc(C(F)F)c1Cl. The highest BCUT2D eigenvalue weighted by atomic mass is 35.5. The molecule has 74 valence electrons. The lowest BCUT2D eigenvalue weighted by atomic mass is 10.1. The van der Waals surface area contributed by atoms with Crippen LogP contribution < -0.4 is 5.73 Å². The Bertz CT molecular complexity index is 387. The van der Waals surface area contributed by atoms with Gasteiger partial charge in [0.05, 0.1) is 23.1 Å². The first-order chi connectivity index (χ1) is 6.57. The third kappa shape index (κ3) is 1.91. The number of pyridine rings is 1. The topological polar surface area (TPSA) is 62.7 Å². The van der Waals surface area contributed by atoms with Gasteiger partial charge in [-0.2, -0.15) is 5.26 Å². The molecule has 1 aromatic heterocycles. The molecule has 6 heteroatoms. The van der Waals surface area contributed by atoms with Crippen LogP contribution in [0, 0.1) is 11.3 Å². The zero-order chi connectivity index (χ0) is 10.7. The molecule has 0 aliphatic rings. The van der Waals surface area contributed by atoms with Gasteiger partial charge < -0.3 is 5.73 Å².